The first-order chi connectivity index (χ1) is 9.60. The summed E-state index contributed by atoms with van der Waals surface area (Å²) in [5, 5.41) is 10.6. The van der Waals surface area contributed by atoms with Gasteiger partial charge in [-0.2, -0.15) is 0 Å². The van der Waals surface area contributed by atoms with Crippen LogP contribution in [0.4, 0.5) is 11.4 Å². The van der Waals surface area contributed by atoms with E-state index in [1.165, 1.54) is 18.2 Å². The van der Waals surface area contributed by atoms with Crippen LogP contribution in [0.5, 0.6) is 17.2 Å². The molecule has 0 spiro atoms. The number of non-ortho nitro benzene ring substituents is 1. The van der Waals surface area contributed by atoms with Crippen LogP contribution in [-0.4, -0.2) is 11.5 Å². The standard InChI is InChI=1S/C14H14N2O4/c1-2-19-11-4-6-12(7-5-11)20-14-8-3-10(16(17)18)9-13(14)15/h3-9H,2,15H2,1H3. The van der Waals surface area contributed by atoms with Crippen LogP contribution in [0.3, 0.4) is 0 Å². The molecule has 6 heteroatoms. The van der Waals surface area contributed by atoms with Gasteiger partial charge in [-0.25, -0.2) is 0 Å². The van der Waals surface area contributed by atoms with Crippen LogP contribution in [-0.2, 0) is 0 Å². The Labute approximate surface area is 115 Å². The third-order valence-corrected chi connectivity index (χ3v) is 2.57. The van der Waals surface area contributed by atoms with Crippen LogP contribution < -0.4 is 15.2 Å². The van der Waals surface area contributed by atoms with Gasteiger partial charge < -0.3 is 15.2 Å². The van der Waals surface area contributed by atoms with E-state index in [1.807, 2.05) is 6.92 Å². The minimum absolute atomic E-state index is 0.0680. The van der Waals surface area contributed by atoms with Crippen molar-refractivity contribution in [1.29, 1.82) is 0 Å². The van der Waals surface area contributed by atoms with Crippen molar-refractivity contribution in [2.24, 2.45) is 0 Å². The molecule has 0 aliphatic rings. The van der Waals surface area contributed by atoms with E-state index in [0.717, 1.165) is 5.75 Å². The van der Waals surface area contributed by atoms with Crippen LogP contribution >= 0.6 is 0 Å². The van der Waals surface area contributed by atoms with Gasteiger partial charge in [-0.05, 0) is 37.3 Å². The molecule has 0 heterocycles. The first kappa shape index (κ1) is 13.7. The lowest BCUT2D eigenvalue weighted by molar-refractivity contribution is -0.384. The summed E-state index contributed by atoms with van der Waals surface area (Å²) in [6.45, 7) is 2.50. The van der Waals surface area contributed by atoms with E-state index in [9.17, 15) is 10.1 Å². The molecule has 0 amide bonds. The van der Waals surface area contributed by atoms with Gasteiger partial charge in [0.05, 0.1) is 17.2 Å². The second-order valence-corrected chi connectivity index (χ2v) is 3.99. The normalized spacial score (nSPS) is 10.1. The first-order valence-electron chi connectivity index (χ1n) is 6.04. The number of nitrogens with two attached hydrogens (primary N) is 1. The second-order valence-electron chi connectivity index (χ2n) is 3.99. The quantitative estimate of drug-likeness (QED) is 0.513. The van der Waals surface area contributed by atoms with Gasteiger partial charge in [0.2, 0.25) is 0 Å². The molecule has 0 aliphatic heterocycles. The number of rotatable bonds is 5. The highest BCUT2D eigenvalue weighted by Crippen LogP contribution is 2.31. The fourth-order valence-electron chi connectivity index (χ4n) is 1.64. The maximum Gasteiger partial charge on any atom is 0.271 e. The van der Waals surface area contributed by atoms with E-state index in [2.05, 4.69) is 0 Å². The van der Waals surface area contributed by atoms with Gasteiger partial charge in [0.1, 0.15) is 11.5 Å². The molecule has 0 saturated heterocycles. The average molecular weight is 274 g/mol. The van der Waals surface area contributed by atoms with Gasteiger partial charge in [-0.3, -0.25) is 10.1 Å². The summed E-state index contributed by atoms with van der Waals surface area (Å²) in [6.07, 6.45) is 0. The molecule has 2 aromatic rings. The average Bonchev–Trinajstić information content (AvgIpc) is 2.43. The minimum atomic E-state index is -0.503. The Morgan fingerprint density at radius 3 is 2.35 bits per heavy atom. The molecule has 2 rings (SSSR count). The number of nitrogen functional groups attached to an aromatic ring is 1. The monoisotopic (exact) mass is 274 g/mol. The Bertz CT molecular complexity index is 611. The lowest BCUT2D eigenvalue weighted by Crippen LogP contribution is -1.95. The molecule has 0 saturated carbocycles. The molecule has 0 aliphatic carbocycles. The molecule has 0 unspecified atom stereocenters. The molecule has 0 radical (unpaired) electrons. The van der Waals surface area contributed by atoms with Crippen LogP contribution in [0.25, 0.3) is 0 Å². The van der Waals surface area contributed by atoms with Gasteiger partial charge >= 0.3 is 0 Å². The Kier molecular flexibility index (Phi) is 4.05. The summed E-state index contributed by atoms with van der Waals surface area (Å²) in [6, 6.07) is 11.1. The summed E-state index contributed by atoms with van der Waals surface area (Å²) in [4.78, 5) is 10.1. The second kappa shape index (κ2) is 5.92. The summed E-state index contributed by atoms with van der Waals surface area (Å²) in [7, 11) is 0. The van der Waals surface area contributed by atoms with E-state index in [-0.39, 0.29) is 11.4 Å². The maximum absolute atomic E-state index is 10.6. The third kappa shape index (κ3) is 3.17. The van der Waals surface area contributed by atoms with E-state index < -0.39 is 4.92 Å². The van der Waals surface area contributed by atoms with Crippen LogP contribution in [0.1, 0.15) is 6.92 Å². The number of anilines is 1. The van der Waals surface area contributed by atoms with Gasteiger partial charge in [0.15, 0.2) is 5.75 Å². The van der Waals surface area contributed by atoms with Crippen LogP contribution in [0.2, 0.25) is 0 Å². The minimum Gasteiger partial charge on any atom is -0.494 e. The molecule has 104 valence electrons. The molecule has 0 fully saturated rings. The molecule has 2 N–H and O–H groups in total. The largest absolute Gasteiger partial charge is 0.494 e. The van der Waals surface area contributed by atoms with Gasteiger partial charge in [0.25, 0.3) is 5.69 Å². The third-order valence-electron chi connectivity index (χ3n) is 2.57. The van der Waals surface area contributed by atoms with E-state index >= 15 is 0 Å². The smallest absolute Gasteiger partial charge is 0.271 e. The van der Waals surface area contributed by atoms with Crippen LogP contribution in [0, 0.1) is 10.1 Å². The van der Waals surface area contributed by atoms with Crippen molar-refractivity contribution in [3.05, 3.63) is 52.6 Å². The lowest BCUT2D eigenvalue weighted by atomic mass is 10.2. The van der Waals surface area contributed by atoms with Gasteiger partial charge in [0, 0.05) is 12.1 Å². The highest BCUT2D eigenvalue weighted by molar-refractivity contribution is 5.59. The highest BCUT2D eigenvalue weighted by atomic mass is 16.6. The maximum atomic E-state index is 10.6. The highest BCUT2D eigenvalue weighted by Gasteiger charge is 2.10. The number of hydrogen-bond donors (Lipinski definition) is 1. The summed E-state index contributed by atoms with van der Waals surface area (Å²) in [5.41, 5.74) is 5.88. The van der Waals surface area contributed by atoms with E-state index in [1.54, 1.807) is 24.3 Å². The number of nitrogens with zero attached hydrogens (tertiary/aromatic N) is 1. The molecule has 0 atom stereocenters. The number of nitro benzene ring substituents is 1. The number of nitro groups is 1. The molecule has 20 heavy (non-hydrogen) atoms. The molecule has 6 nitrogen and oxygen atoms in total. The van der Waals surface area contributed by atoms with Crippen molar-refractivity contribution in [2.45, 2.75) is 6.92 Å². The summed E-state index contributed by atoms with van der Waals surface area (Å²) < 4.78 is 10.9. The Balaban J connectivity index is 2.15. The molecular formula is C14H14N2O4. The Morgan fingerprint density at radius 2 is 1.80 bits per heavy atom. The zero-order chi connectivity index (χ0) is 14.5. The van der Waals surface area contributed by atoms with Crippen molar-refractivity contribution >= 4 is 11.4 Å². The summed E-state index contributed by atoms with van der Waals surface area (Å²) >= 11 is 0. The Morgan fingerprint density at radius 1 is 1.15 bits per heavy atom. The predicted molar refractivity (Wildman–Crippen MR) is 75.2 cm³/mol. The SMILES string of the molecule is CCOc1ccc(Oc2ccc([N+](=O)[O-])cc2N)cc1. The lowest BCUT2D eigenvalue weighted by Gasteiger charge is -2.09. The molecule has 2 aromatic carbocycles. The molecule has 0 aromatic heterocycles. The zero-order valence-corrected chi connectivity index (χ0v) is 10.9. The van der Waals surface area contributed by atoms with Gasteiger partial charge in [-0.15, -0.1) is 0 Å². The molecule has 0 bridgehead atoms. The predicted octanol–water partition coefficient (Wildman–Crippen LogP) is 3.37. The van der Waals surface area contributed by atoms with Crippen molar-refractivity contribution in [3.8, 4) is 17.2 Å². The fraction of sp³-hybridized carbons (Fsp3) is 0.143. The van der Waals surface area contributed by atoms with Crippen molar-refractivity contribution in [1.82, 2.24) is 0 Å². The van der Waals surface area contributed by atoms with E-state index in [0.29, 0.717) is 18.1 Å². The summed E-state index contributed by atoms with van der Waals surface area (Å²) in [5.74, 6) is 1.70. The zero-order valence-electron chi connectivity index (χ0n) is 10.9. The van der Waals surface area contributed by atoms with Crippen LogP contribution in [0.15, 0.2) is 42.5 Å². The topological polar surface area (TPSA) is 87.6 Å². The molecular weight excluding hydrogens is 260 g/mol. The van der Waals surface area contributed by atoms with Crippen molar-refractivity contribution in [3.63, 3.8) is 0 Å². The first-order valence-corrected chi connectivity index (χ1v) is 6.04. The Hall–Kier alpha value is -2.76. The number of ether oxygens (including phenoxy) is 2. The van der Waals surface area contributed by atoms with Crippen molar-refractivity contribution < 1.29 is 14.4 Å². The van der Waals surface area contributed by atoms with Crippen molar-refractivity contribution in [2.75, 3.05) is 12.3 Å². The fourth-order valence-corrected chi connectivity index (χ4v) is 1.64. The number of hydrogen-bond acceptors (Lipinski definition) is 5. The number of benzene rings is 2. The van der Waals surface area contributed by atoms with E-state index in [4.69, 9.17) is 15.2 Å². The van der Waals surface area contributed by atoms with Gasteiger partial charge in [-0.1, -0.05) is 0 Å².